The molecule has 0 aliphatic heterocycles. The van der Waals surface area contributed by atoms with Crippen molar-refractivity contribution in [3.05, 3.63) is 30.1 Å². The molecule has 0 saturated heterocycles. The van der Waals surface area contributed by atoms with Gasteiger partial charge in [0.15, 0.2) is 5.78 Å². The molecule has 1 aromatic rings. The lowest BCUT2D eigenvalue weighted by molar-refractivity contribution is 0.0783. The molecule has 0 aromatic carbocycles. The van der Waals surface area contributed by atoms with Gasteiger partial charge in [0, 0.05) is 24.6 Å². The number of nitrogens with zero attached hydrogens (tertiary/aromatic N) is 1. The number of carbonyl (C=O) groups excluding carboxylic acids is 1. The number of hydrogen-bond donors (Lipinski definition) is 0. The molecule has 3 heteroatoms. The van der Waals surface area contributed by atoms with Crippen LogP contribution in [0, 0.1) is 0 Å². The van der Waals surface area contributed by atoms with Gasteiger partial charge in [-0.25, -0.2) is 0 Å². The Morgan fingerprint density at radius 3 is 3.08 bits per heavy atom. The molecule has 0 atom stereocenters. The second kappa shape index (κ2) is 4.62. The Kier molecular flexibility index (Phi) is 3.41. The Morgan fingerprint density at radius 1 is 1.67 bits per heavy atom. The number of hydrogen-bond acceptors (Lipinski definition) is 3. The highest BCUT2D eigenvalue weighted by molar-refractivity contribution is 5.96. The summed E-state index contributed by atoms with van der Waals surface area (Å²) in [5, 5.41) is 0. The lowest BCUT2D eigenvalue weighted by atomic mass is 10.2. The fourth-order valence-corrected chi connectivity index (χ4v) is 0.806. The average Bonchev–Trinajstić information content (AvgIpc) is 2.15. The van der Waals surface area contributed by atoms with Crippen molar-refractivity contribution in [1.82, 2.24) is 4.98 Å². The molecule has 0 unspecified atom stereocenters. The molecule has 12 heavy (non-hydrogen) atoms. The Morgan fingerprint density at radius 2 is 2.50 bits per heavy atom. The first-order valence-electron chi connectivity index (χ1n) is 3.85. The molecular formula is C9H11NO2. The van der Waals surface area contributed by atoms with Crippen LogP contribution in [0.15, 0.2) is 24.5 Å². The first-order chi connectivity index (χ1) is 5.84. The number of pyridine rings is 1. The predicted molar refractivity (Wildman–Crippen MR) is 45.1 cm³/mol. The Balaban J connectivity index is 2.54. The van der Waals surface area contributed by atoms with Crippen molar-refractivity contribution >= 4 is 5.78 Å². The van der Waals surface area contributed by atoms with Gasteiger partial charge in [0.25, 0.3) is 0 Å². The second-order valence-electron chi connectivity index (χ2n) is 2.30. The topological polar surface area (TPSA) is 39.2 Å². The van der Waals surface area contributed by atoms with E-state index >= 15 is 0 Å². The van der Waals surface area contributed by atoms with E-state index < -0.39 is 0 Å². The summed E-state index contributed by atoms with van der Waals surface area (Å²) in [7, 11) is 0. The number of rotatable bonds is 4. The smallest absolute Gasteiger partial charge is 0.190 e. The summed E-state index contributed by atoms with van der Waals surface area (Å²) in [6.07, 6.45) is 3.18. The monoisotopic (exact) mass is 165 g/mol. The first-order valence-corrected chi connectivity index (χ1v) is 3.85. The highest BCUT2D eigenvalue weighted by Crippen LogP contribution is 1.97. The minimum atomic E-state index is -0.0232. The van der Waals surface area contributed by atoms with Gasteiger partial charge in [-0.05, 0) is 19.1 Å². The van der Waals surface area contributed by atoms with Gasteiger partial charge in [0.1, 0.15) is 6.61 Å². The van der Waals surface area contributed by atoms with E-state index in [2.05, 4.69) is 4.98 Å². The quantitative estimate of drug-likeness (QED) is 0.631. The van der Waals surface area contributed by atoms with E-state index in [0.29, 0.717) is 12.2 Å². The van der Waals surface area contributed by atoms with E-state index in [1.54, 1.807) is 24.5 Å². The van der Waals surface area contributed by atoms with Crippen LogP contribution in [0.3, 0.4) is 0 Å². The Bertz CT molecular complexity index is 246. The molecule has 64 valence electrons. The van der Waals surface area contributed by atoms with Crippen LogP contribution in [0.1, 0.15) is 17.3 Å². The van der Waals surface area contributed by atoms with Crippen molar-refractivity contribution in [3.63, 3.8) is 0 Å². The predicted octanol–water partition coefficient (Wildman–Crippen LogP) is 1.30. The molecule has 0 N–H and O–H groups in total. The average molecular weight is 165 g/mol. The van der Waals surface area contributed by atoms with E-state index in [1.807, 2.05) is 6.92 Å². The normalized spacial score (nSPS) is 9.75. The number of aromatic nitrogens is 1. The summed E-state index contributed by atoms with van der Waals surface area (Å²) >= 11 is 0. The van der Waals surface area contributed by atoms with Crippen LogP contribution in [0.5, 0.6) is 0 Å². The van der Waals surface area contributed by atoms with Crippen LogP contribution in [-0.2, 0) is 4.74 Å². The van der Waals surface area contributed by atoms with Crippen LogP contribution in [0.2, 0.25) is 0 Å². The zero-order chi connectivity index (χ0) is 8.81. The number of Topliss-reactive ketones (excluding diaryl/α,β-unsaturated/α-hetero) is 1. The fraction of sp³-hybridized carbons (Fsp3) is 0.333. The number of ether oxygens (including phenoxy) is 1. The van der Waals surface area contributed by atoms with Crippen molar-refractivity contribution in [1.29, 1.82) is 0 Å². The SMILES string of the molecule is CCOCC(=O)c1cccnc1. The van der Waals surface area contributed by atoms with Crippen molar-refractivity contribution < 1.29 is 9.53 Å². The van der Waals surface area contributed by atoms with Gasteiger partial charge in [0.2, 0.25) is 0 Å². The van der Waals surface area contributed by atoms with Crippen LogP contribution in [0.25, 0.3) is 0 Å². The zero-order valence-corrected chi connectivity index (χ0v) is 6.99. The van der Waals surface area contributed by atoms with E-state index in [1.165, 1.54) is 0 Å². The summed E-state index contributed by atoms with van der Waals surface area (Å²) in [6, 6.07) is 3.47. The highest BCUT2D eigenvalue weighted by atomic mass is 16.5. The third kappa shape index (κ3) is 2.43. The number of carbonyl (C=O) groups is 1. The van der Waals surface area contributed by atoms with Crippen molar-refractivity contribution in [2.75, 3.05) is 13.2 Å². The molecular weight excluding hydrogens is 154 g/mol. The van der Waals surface area contributed by atoms with Gasteiger partial charge in [0.05, 0.1) is 0 Å². The largest absolute Gasteiger partial charge is 0.374 e. The van der Waals surface area contributed by atoms with Crippen molar-refractivity contribution in [2.45, 2.75) is 6.92 Å². The molecule has 0 saturated carbocycles. The molecule has 0 aliphatic carbocycles. The van der Waals surface area contributed by atoms with Gasteiger partial charge in [-0.3, -0.25) is 9.78 Å². The summed E-state index contributed by atoms with van der Waals surface area (Å²) in [6.45, 7) is 2.56. The van der Waals surface area contributed by atoms with Gasteiger partial charge >= 0.3 is 0 Å². The maximum atomic E-state index is 11.2. The van der Waals surface area contributed by atoms with Gasteiger partial charge in [-0.15, -0.1) is 0 Å². The molecule has 0 spiro atoms. The molecule has 0 amide bonds. The van der Waals surface area contributed by atoms with Crippen LogP contribution in [0.4, 0.5) is 0 Å². The maximum Gasteiger partial charge on any atom is 0.190 e. The molecule has 1 aromatic heterocycles. The summed E-state index contributed by atoms with van der Waals surface area (Å²) in [5.41, 5.74) is 0.603. The van der Waals surface area contributed by atoms with E-state index in [-0.39, 0.29) is 12.4 Å². The van der Waals surface area contributed by atoms with Crippen molar-refractivity contribution in [3.8, 4) is 0 Å². The van der Waals surface area contributed by atoms with Gasteiger partial charge < -0.3 is 4.74 Å². The minimum absolute atomic E-state index is 0.0232. The fourth-order valence-electron chi connectivity index (χ4n) is 0.806. The molecule has 1 heterocycles. The first kappa shape index (κ1) is 8.87. The standard InChI is InChI=1S/C9H11NO2/c1-2-12-7-9(11)8-4-3-5-10-6-8/h3-6H,2,7H2,1H3. The Hall–Kier alpha value is -1.22. The van der Waals surface area contributed by atoms with Gasteiger partial charge in [-0.2, -0.15) is 0 Å². The maximum absolute atomic E-state index is 11.2. The van der Waals surface area contributed by atoms with E-state index in [9.17, 15) is 4.79 Å². The van der Waals surface area contributed by atoms with Crippen LogP contribution in [-0.4, -0.2) is 24.0 Å². The van der Waals surface area contributed by atoms with E-state index in [4.69, 9.17) is 4.74 Å². The zero-order valence-electron chi connectivity index (χ0n) is 6.99. The molecule has 0 radical (unpaired) electrons. The third-order valence-corrected chi connectivity index (χ3v) is 1.42. The summed E-state index contributed by atoms with van der Waals surface area (Å²) in [5.74, 6) is -0.0232. The van der Waals surface area contributed by atoms with Crippen molar-refractivity contribution in [2.24, 2.45) is 0 Å². The molecule has 0 aliphatic rings. The summed E-state index contributed by atoms with van der Waals surface area (Å²) < 4.78 is 4.97. The molecule has 3 nitrogen and oxygen atoms in total. The minimum Gasteiger partial charge on any atom is -0.374 e. The lowest BCUT2D eigenvalue weighted by Crippen LogP contribution is -2.08. The molecule has 1 rings (SSSR count). The third-order valence-electron chi connectivity index (χ3n) is 1.42. The molecule has 0 bridgehead atoms. The van der Waals surface area contributed by atoms with E-state index in [0.717, 1.165) is 0 Å². The highest BCUT2D eigenvalue weighted by Gasteiger charge is 2.03. The second-order valence-corrected chi connectivity index (χ2v) is 2.30. The molecule has 0 fully saturated rings. The lowest BCUT2D eigenvalue weighted by Gasteiger charge is -1.99. The Labute approximate surface area is 71.4 Å². The number of ketones is 1. The van der Waals surface area contributed by atoms with Gasteiger partial charge in [-0.1, -0.05) is 0 Å². The summed E-state index contributed by atoms with van der Waals surface area (Å²) in [4.78, 5) is 15.1. The van der Waals surface area contributed by atoms with Crippen LogP contribution < -0.4 is 0 Å². The van der Waals surface area contributed by atoms with Crippen LogP contribution >= 0.6 is 0 Å².